The van der Waals surface area contributed by atoms with E-state index in [2.05, 4.69) is 26.1 Å². The maximum Gasteiger partial charge on any atom is 0.00617 e. The maximum atomic E-state index is 3.55. The van der Waals surface area contributed by atoms with E-state index in [0.29, 0.717) is 6.04 Å². The van der Waals surface area contributed by atoms with Crippen LogP contribution in [-0.4, -0.2) is 12.6 Å². The van der Waals surface area contributed by atoms with Gasteiger partial charge in [-0.3, -0.25) is 0 Å². The molecule has 0 aliphatic heterocycles. The number of hydrogen-bond acceptors (Lipinski definition) is 1. The Morgan fingerprint density at radius 2 is 1.91 bits per heavy atom. The molecule has 1 unspecified atom stereocenters. The molecule has 0 radical (unpaired) electrons. The first-order valence-electron chi connectivity index (χ1n) is 4.93. The van der Waals surface area contributed by atoms with Gasteiger partial charge in [-0.2, -0.15) is 0 Å². The third-order valence-corrected chi connectivity index (χ3v) is 2.72. The molecular weight excluding hydrogens is 134 g/mol. The first-order chi connectivity index (χ1) is 5.20. The summed E-state index contributed by atoms with van der Waals surface area (Å²) in [7, 11) is 0. The molecule has 0 aromatic carbocycles. The number of rotatable bonds is 5. The Hall–Kier alpha value is -0.0400. The second-order valence-electron chi connectivity index (χ2n) is 4.22. The minimum Gasteiger partial charge on any atom is -0.314 e. The fourth-order valence-corrected chi connectivity index (χ4v) is 1.16. The van der Waals surface area contributed by atoms with Crippen molar-refractivity contribution in [1.29, 1.82) is 0 Å². The van der Waals surface area contributed by atoms with Crippen molar-refractivity contribution in [3.8, 4) is 0 Å². The largest absolute Gasteiger partial charge is 0.314 e. The van der Waals surface area contributed by atoms with Gasteiger partial charge in [-0.15, -0.1) is 0 Å². The van der Waals surface area contributed by atoms with Gasteiger partial charge in [0.15, 0.2) is 0 Å². The van der Waals surface area contributed by atoms with E-state index in [1.54, 1.807) is 0 Å². The van der Waals surface area contributed by atoms with E-state index in [-0.39, 0.29) is 0 Å². The zero-order chi connectivity index (χ0) is 8.27. The fraction of sp³-hybridized carbons (Fsp3) is 1.00. The lowest BCUT2D eigenvalue weighted by atomic mass is 10.1. The summed E-state index contributed by atoms with van der Waals surface area (Å²) in [5, 5.41) is 3.55. The van der Waals surface area contributed by atoms with Gasteiger partial charge < -0.3 is 5.32 Å². The van der Waals surface area contributed by atoms with E-state index in [1.807, 2.05) is 0 Å². The highest BCUT2D eigenvalue weighted by molar-refractivity contribution is 4.75. The summed E-state index contributed by atoms with van der Waals surface area (Å²) in [4.78, 5) is 0. The SMILES string of the molecule is CC(C)C(C)NCCC1CC1. The average molecular weight is 155 g/mol. The summed E-state index contributed by atoms with van der Waals surface area (Å²) in [6.07, 6.45) is 4.37. The molecule has 0 heterocycles. The lowest BCUT2D eigenvalue weighted by molar-refractivity contribution is 0.419. The summed E-state index contributed by atoms with van der Waals surface area (Å²) >= 11 is 0. The normalized spacial score (nSPS) is 20.7. The summed E-state index contributed by atoms with van der Waals surface area (Å²) in [5.41, 5.74) is 0. The molecule has 66 valence electrons. The first kappa shape index (κ1) is 9.05. The Bertz CT molecular complexity index is 105. The van der Waals surface area contributed by atoms with E-state index < -0.39 is 0 Å². The van der Waals surface area contributed by atoms with Crippen LogP contribution >= 0.6 is 0 Å². The third kappa shape index (κ3) is 3.76. The van der Waals surface area contributed by atoms with E-state index >= 15 is 0 Å². The van der Waals surface area contributed by atoms with Crippen LogP contribution in [0.3, 0.4) is 0 Å². The van der Waals surface area contributed by atoms with Crippen LogP contribution in [0.25, 0.3) is 0 Å². The van der Waals surface area contributed by atoms with Gasteiger partial charge in [0, 0.05) is 6.04 Å². The smallest absolute Gasteiger partial charge is 0.00617 e. The number of nitrogens with one attached hydrogen (secondary N) is 1. The molecule has 1 nitrogen and oxygen atoms in total. The molecular formula is C10H21N. The first-order valence-corrected chi connectivity index (χ1v) is 4.93. The van der Waals surface area contributed by atoms with Gasteiger partial charge in [0.25, 0.3) is 0 Å². The minimum absolute atomic E-state index is 0.689. The van der Waals surface area contributed by atoms with Crippen molar-refractivity contribution in [1.82, 2.24) is 5.32 Å². The second-order valence-corrected chi connectivity index (χ2v) is 4.22. The zero-order valence-corrected chi connectivity index (χ0v) is 8.06. The van der Waals surface area contributed by atoms with Crippen LogP contribution in [0.2, 0.25) is 0 Å². The van der Waals surface area contributed by atoms with Crippen LogP contribution in [0.1, 0.15) is 40.0 Å². The van der Waals surface area contributed by atoms with E-state index in [0.717, 1.165) is 11.8 Å². The third-order valence-electron chi connectivity index (χ3n) is 2.72. The van der Waals surface area contributed by atoms with E-state index in [4.69, 9.17) is 0 Å². The Morgan fingerprint density at radius 1 is 1.27 bits per heavy atom. The van der Waals surface area contributed by atoms with Gasteiger partial charge >= 0.3 is 0 Å². The highest BCUT2D eigenvalue weighted by Gasteiger charge is 2.20. The fourth-order valence-electron chi connectivity index (χ4n) is 1.16. The molecule has 1 N–H and O–H groups in total. The molecule has 11 heavy (non-hydrogen) atoms. The van der Waals surface area contributed by atoms with Gasteiger partial charge in [-0.1, -0.05) is 26.7 Å². The summed E-state index contributed by atoms with van der Waals surface area (Å²) in [5.74, 6) is 1.84. The maximum absolute atomic E-state index is 3.55. The highest BCUT2D eigenvalue weighted by atomic mass is 14.9. The highest BCUT2D eigenvalue weighted by Crippen LogP contribution is 2.31. The van der Waals surface area contributed by atoms with Crippen molar-refractivity contribution < 1.29 is 0 Å². The molecule has 1 aliphatic rings. The summed E-state index contributed by atoms with van der Waals surface area (Å²) < 4.78 is 0. The van der Waals surface area contributed by atoms with Crippen LogP contribution in [0, 0.1) is 11.8 Å². The standard InChI is InChI=1S/C10H21N/c1-8(2)9(3)11-7-6-10-4-5-10/h8-11H,4-7H2,1-3H3. The van der Waals surface area contributed by atoms with Crippen molar-refractivity contribution in [2.45, 2.75) is 46.1 Å². The molecule has 1 fully saturated rings. The second kappa shape index (κ2) is 4.10. The molecule has 0 spiro atoms. The molecule has 1 saturated carbocycles. The van der Waals surface area contributed by atoms with Gasteiger partial charge in [0.2, 0.25) is 0 Å². The quantitative estimate of drug-likeness (QED) is 0.643. The molecule has 1 rings (SSSR count). The Kier molecular flexibility index (Phi) is 3.38. The van der Waals surface area contributed by atoms with Crippen LogP contribution < -0.4 is 5.32 Å². The molecule has 0 amide bonds. The molecule has 0 bridgehead atoms. The lowest BCUT2D eigenvalue weighted by Crippen LogP contribution is -2.31. The van der Waals surface area contributed by atoms with E-state index in [9.17, 15) is 0 Å². The topological polar surface area (TPSA) is 12.0 Å². The molecule has 0 aromatic rings. The van der Waals surface area contributed by atoms with Crippen LogP contribution in [0.15, 0.2) is 0 Å². The molecule has 1 atom stereocenters. The van der Waals surface area contributed by atoms with Gasteiger partial charge in [-0.05, 0) is 31.7 Å². The van der Waals surface area contributed by atoms with Crippen molar-refractivity contribution >= 4 is 0 Å². The molecule has 0 saturated heterocycles. The Labute approximate surface area is 70.6 Å². The summed E-state index contributed by atoms with van der Waals surface area (Å²) in [6, 6.07) is 0.689. The predicted molar refractivity (Wildman–Crippen MR) is 49.6 cm³/mol. The minimum atomic E-state index is 0.689. The predicted octanol–water partition coefficient (Wildman–Crippen LogP) is 2.42. The van der Waals surface area contributed by atoms with Crippen molar-refractivity contribution in [2.75, 3.05) is 6.54 Å². The van der Waals surface area contributed by atoms with Gasteiger partial charge in [0.05, 0.1) is 0 Å². The summed E-state index contributed by atoms with van der Waals surface area (Å²) in [6.45, 7) is 8.05. The van der Waals surface area contributed by atoms with Crippen molar-refractivity contribution in [3.05, 3.63) is 0 Å². The Balaban J connectivity index is 1.92. The van der Waals surface area contributed by atoms with Crippen LogP contribution in [0.4, 0.5) is 0 Å². The molecule has 1 aliphatic carbocycles. The van der Waals surface area contributed by atoms with Crippen LogP contribution in [-0.2, 0) is 0 Å². The zero-order valence-electron chi connectivity index (χ0n) is 8.06. The monoisotopic (exact) mass is 155 g/mol. The van der Waals surface area contributed by atoms with Crippen LogP contribution in [0.5, 0.6) is 0 Å². The van der Waals surface area contributed by atoms with Gasteiger partial charge in [-0.25, -0.2) is 0 Å². The Morgan fingerprint density at radius 3 is 2.36 bits per heavy atom. The van der Waals surface area contributed by atoms with Crippen molar-refractivity contribution in [3.63, 3.8) is 0 Å². The van der Waals surface area contributed by atoms with Gasteiger partial charge in [0.1, 0.15) is 0 Å². The average Bonchev–Trinajstić information content (AvgIpc) is 2.71. The number of hydrogen-bond donors (Lipinski definition) is 1. The lowest BCUT2D eigenvalue weighted by Gasteiger charge is -2.16. The molecule has 1 heteroatoms. The molecule has 0 aromatic heterocycles. The van der Waals surface area contributed by atoms with Crippen molar-refractivity contribution in [2.24, 2.45) is 11.8 Å². The van der Waals surface area contributed by atoms with E-state index in [1.165, 1.54) is 25.8 Å².